The van der Waals surface area contributed by atoms with Gasteiger partial charge in [-0.15, -0.1) is 6.58 Å². The minimum absolute atomic E-state index is 0.0108. The fourth-order valence-corrected chi connectivity index (χ4v) is 10.2. The lowest BCUT2D eigenvalue weighted by atomic mass is 9.55. The smallest absolute Gasteiger partial charge is 0.410 e. The number of unbranched alkanes of at least 4 members (excludes halogenated alkanes) is 2. The van der Waals surface area contributed by atoms with E-state index < -0.39 is 35.1 Å². The van der Waals surface area contributed by atoms with Crippen LogP contribution in [0.15, 0.2) is 90.1 Å². The zero-order valence-corrected chi connectivity index (χ0v) is 36.8. The van der Waals surface area contributed by atoms with Gasteiger partial charge in [0.1, 0.15) is 23.3 Å². The molecule has 0 spiro atoms. The molecule has 1 amide bonds. The number of non-ortho nitro benzene ring substituents is 1. The summed E-state index contributed by atoms with van der Waals surface area (Å²) in [6, 6.07) is 16.3. The molecule has 3 aromatic rings. The van der Waals surface area contributed by atoms with Crippen LogP contribution in [0.3, 0.4) is 0 Å². The molecule has 7 atom stereocenters. The van der Waals surface area contributed by atoms with Crippen LogP contribution in [-0.2, 0) is 25.6 Å². The van der Waals surface area contributed by atoms with Gasteiger partial charge in [0.15, 0.2) is 11.5 Å². The summed E-state index contributed by atoms with van der Waals surface area (Å²) in [6.45, 7) is 6.83. The number of benzene rings is 3. The maximum absolute atomic E-state index is 14.6. The summed E-state index contributed by atoms with van der Waals surface area (Å²) >= 11 is 0. The highest BCUT2D eigenvalue weighted by Crippen LogP contribution is 2.62. The first-order chi connectivity index (χ1) is 31.8. The summed E-state index contributed by atoms with van der Waals surface area (Å²) in [4.78, 5) is 33.8. The number of hydrogen-bond donors (Lipinski definition) is 2. The van der Waals surface area contributed by atoms with E-state index in [4.69, 9.17) is 43.2 Å². The number of carbonyl (C=O) groups excluding carboxylic acids is 1. The van der Waals surface area contributed by atoms with Gasteiger partial charge in [-0.1, -0.05) is 42.3 Å². The van der Waals surface area contributed by atoms with Gasteiger partial charge in [-0.05, 0) is 105 Å². The molecule has 1 saturated heterocycles. The predicted octanol–water partition coefficient (Wildman–Crippen LogP) is 8.93. The molecule has 3 aromatic carbocycles. The number of aliphatic hydroxyl groups is 2. The van der Waals surface area contributed by atoms with Crippen LogP contribution >= 0.6 is 0 Å². The van der Waals surface area contributed by atoms with Gasteiger partial charge in [-0.25, -0.2) is 4.79 Å². The minimum Gasteiger partial charge on any atom is -0.459 e. The van der Waals surface area contributed by atoms with Gasteiger partial charge in [0.2, 0.25) is 18.9 Å². The van der Waals surface area contributed by atoms with Crippen LogP contribution in [0.4, 0.5) is 10.5 Å². The summed E-state index contributed by atoms with van der Waals surface area (Å²) in [5.74, 6) is -0.107. The van der Waals surface area contributed by atoms with Gasteiger partial charge >= 0.3 is 6.09 Å². The number of carbonyl (C=O) groups is 1. The largest absolute Gasteiger partial charge is 0.459 e. The van der Waals surface area contributed by atoms with E-state index in [0.717, 1.165) is 55.2 Å². The number of nitrogens with zero attached hydrogens (tertiary/aromatic N) is 3. The average Bonchev–Trinajstić information content (AvgIpc) is 3.79. The van der Waals surface area contributed by atoms with Crippen LogP contribution in [0.5, 0.6) is 28.7 Å². The maximum Gasteiger partial charge on any atom is 0.410 e. The van der Waals surface area contributed by atoms with Crippen molar-refractivity contribution in [3.63, 3.8) is 0 Å². The molecule has 2 N–H and O–H groups in total. The van der Waals surface area contributed by atoms with Crippen molar-refractivity contribution in [2.75, 3.05) is 39.8 Å². The molecule has 16 heteroatoms. The van der Waals surface area contributed by atoms with E-state index in [1.54, 1.807) is 36.1 Å². The van der Waals surface area contributed by atoms with Crippen LogP contribution < -0.4 is 18.9 Å². The molecule has 7 unspecified atom stereocenters. The normalized spacial score (nSPS) is 25.6. The monoisotopic (exact) mass is 897 g/mol. The van der Waals surface area contributed by atoms with Crippen molar-refractivity contribution in [3.8, 4) is 28.7 Å². The number of fused-ring (bicyclic) bond motifs is 3. The molecular weight excluding hydrogens is 839 g/mol. The van der Waals surface area contributed by atoms with Crippen LogP contribution in [0.1, 0.15) is 88.2 Å². The van der Waals surface area contributed by atoms with Gasteiger partial charge in [0.05, 0.1) is 42.4 Å². The molecule has 65 heavy (non-hydrogen) atoms. The van der Waals surface area contributed by atoms with Crippen LogP contribution in [0.25, 0.3) is 0 Å². The van der Waals surface area contributed by atoms with Gasteiger partial charge in [-0.3, -0.25) is 15.0 Å². The first-order valence-electron chi connectivity index (χ1n) is 22.9. The Morgan fingerprint density at radius 3 is 2.57 bits per heavy atom. The van der Waals surface area contributed by atoms with Gasteiger partial charge in [0.25, 0.3) is 5.69 Å². The number of hydrogen-bond acceptors (Lipinski definition) is 14. The molecule has 348 valence electrons. The number of nitro groups is 1. The lowest BCUT2D eigenvalue weighted by Crippen LogP contribution is -2.70. The number of nitro benzene ring substituents is 1. The van der Waals surface area contributed by atoms with E-state index >= 15 is 0 Å². The van der Waals surface area contributed by atoms with Gasteiger partial charge < -0.3 is 48.2 Å². The Hall–Kier alpha value is -5.68. The predicted molar refractivity (Wildman–Crippen MR) is 238 cm³/mol. The Kier molecular flexibility index (Phi) is 14.9. The maximum atomic E-state index is 14.6. The third-order valence-corrected chi connectivity index (χ3v) is 13.0. The van der Waals surface area contributed by atoms with E-state index in [-0.39, 0.29) is 69.6 Å². The molecule has 1 saturated carbocycles. The summed E-state index contributed by atoms with van der Waals surface area (Å²) in [6.07, 6.45) is 9.74. The van der Waals surface area contributed by atoms with E-state index in [1.807, 2.05) is 30.3 Å². The number of oxime groups is 1. The van der Waals surface area contributed by atoms with Crippen molar-refractivity contribution in [2.24, 2.45) is 22.9 Å². The SMILES string of the molecule is C=CCOC12Oc3ccc(Oc4cccc([N+](=O)[O-])c4)cc3C3C(CCCCO)C(CCCCO)C=C(C(=NOC4CCCCO4)CC1N(Cc1ccc4c(c1)OCO4)C(=O)OCC)C32. The Bertz CT molecular complexity index is 2230. The molecule has 0 radical (unpaired) electrons. The summed E-state index contributed by atoms with van der Waals surface area (Å²) in [5.41, 5.74) is 2.98. The van der Waals surface area contributed by atoms with Crippen LogP contribution in [-0.4, -0.2) is 89.8 Å². The van der Waals surface area contributed by atoms with Crippen molar-refractivity contribution < 1.29 is 57.9 Å². The second-order valence-electron chi connectivity index (χ2n) is 17.0. The molecule has 3 heterocycles. The first-order valence-corrected chi connectivity index (χ1v) is 22.9. The Labute approximate surface area is 378 Å². The summed E-state index contributed by atoms with van der Waals surface area (Å²) in [5, 5.41) is 36.6. The zero-order chi connectivity index (χ0) is 45.3. The van der Waals surface area contributed by atoms with Crippen LogP contribution in [0, 0.1) is 27.9 Å². The van der Waals surface area contributed by atoms with E-state index in [2.05, 4.69) is 12.7 Å². The van der Waals surface area contributed by atoms with Crippen molar-refractivity contribution in [3.05, 3.63) is 106 Å². The number of aliphatic hydroxyl groups excluding tert-OH is 2. The molecule has 0 aromatic heterocycles. The van der Waals surface area contributed by atoms with Crippen molar-refractivity contribution in [2.45, 2.75) is 102 Å². The van der Waals surface area contributed by atoms with Gasteiger partial charge in [-0.2, -0.15) is 0 Å². The lowest BCUT2D eigenvalue weighted by molar-refractivity contribution is -0.384. The highest BCUT2D eigenvalue weighted by Gasteiger charge is 2.66. The topological polar surface area (TPSA) is 190 Å². The lowest BCUT2D eigenvalue weighted by Gasteiger charge is -2.59. The van der Waals surface area contributed by atoms with E-state index in [0.29, 0.717) is 60.3 Å². The molecule has 16 nitrogen and oxygen atoms in total. The minimum atomic E-state index is -1.55. The molecule has 8 rings (SSSR count). The third-order valence-electron chi connectivity index (χ3n) is 13.0. The fourth-order valence-electron chi connectivity index (χ4n) is 10.2. The van der Waals surface area contributed by atoms with Crippen LogP contribution in [0.2, 0.25) is 0 Å². The quantitative estimate of drug-likeness (QED) is 0.0474. The third kappa shape index (κ3) is 9.95. The number of rotatable bonds is 20. The molecule has 2 fully saturated rings. The van der Waals surface area contributed by atoms with Crippen molar-refractivity contribution in [1.29, 1.82) is 0 Å². The summed E-state index contributed by atoms with van der Waals surface area (Å²) < 4.78 is 44.0. The van der Waals surface area contributed by atoms with Crippen molar-refractivity contribution in [1.82, 2.24) is 4.90 Å². The molecule has 5 aliphatic rings. The second-order valence-corrected chi connectivity index (χ2v) is 17.0. The fraction of sp³-hybridized carbons (Fsp3) is 0.510. The average molecular weight is 898 g/mol. The molecular formula is C49H59N3O13. The highest BCUT2D eigenvalue weighted by molar-refractivity contribution is 6.03. The Balaban J connectivity index is 1.33. The Morgan fingerprint density at radius 2 is 1.80 bits per heavy atom. The summed E-state index contributed by atoms with van der Waals surface area (Å²) in [7, 11) is 0. The van der Waals surface area contributed by atoms with E-state index in [1.165, 1.54) is 12.1 Å². The second kappa shape index (κ2) is 21.1. The Morgan fingerprint density at radius 1 is 1.00 bits per heavy atom. The number of ether oxygens (including phenoxy) is 7. The van der Waals surface area contributed by atoms with Crippen molar-refractivity contribution >= 4 is 17.5 Å². The standard InChI is InChI=1S/C49H59N3O13/c1-3-23-62-49-44(51(48(55)58-4-2)30-32-17-19-42-43(25-32)61-31-60-42)29-40(50-65-45-16-7-10-24-59-45)38-26-33(12-5-8-21-53)37(15-6-9-22-54)46(47(38)49)39-28-36(18-20-41(39)64-49)63-35-14-11-13-34(27-35)52(56)57/h3,11,13-14,17-20,25-28,33,37,44-47,53-54H,1,4-10,12,15-16,21-24,29-31H2,2H3. The van der Waals surface area contributed by atoms with Gasteiger partial charge in [0, 0.05) is 50.1 Å². The first kappa shape index (κ1) is 45.9. The number of allylic oxidation sites excluding steroid dienone is 1. The molecule has 2 aliphatic carbocycles. The molecule has 0 bridgehead atoms. The molecule has 3 aliphatic heterocycles. The van der Waals surface area contributed by atoms with E-state index in [9.17, 15) is 25.1 Å². The number of amides is 1. The zero-order valence-electron chi connectivity index (χ0n) is 36.8. The highest BCUT2D eigenvalue weighted by atomic mass is 16.8.